The molecule has 0 heterocycles. The van der Waals surface area contributed by atoms with Gasteiger partial charge in [0.2, 0.25) is 0 Å². The van der Waals surface area contributed by atoms with Crippen molar-refractivity contribution in [2.45, 2.75) is 36.1 Å². The molecule has 0 aliphatic heterocycles. The van der Waals surface area contributed by atoms with Crippen molar-refractivity contribution in [3.05, 3.63) is 97.1 Å². The summed E-state index contributed by atoms with van der Waals surface area (Å²) < 4.78 is 23.8. The number of hydrogen-bond donors (Lipinski definition) is 4. The molecule has 4 aromatic rings. The van der Waals surface area contributed by atoms with E-state index in [-0.39, 0.29) is 23.0 Å². The van der Waals surface area contributed by atoms with Crippen LogP contribution in [0, 0.1) is 0 Å². The Balaban J connectivity index is 1.31. The van der Waals surface area contributed by atoms with E-state index in [0.29, 0.717) is 62.1 Å². The molecule has 10 heteroatoms. The SMILES string of the molecule is Oc1ccccc1OC(CC[Se][Se]CCC(Oc1ccccc1O)Oc1ccccc1O)Oc1ccccc1O. The van der Waals surface area contributed by atoms with Crippen LogP contribution in [0.3, 0.4) is 0 Å². The van der Waals surface area contributed by atoms with Crippen LogP contribution < -0.4 is 18.9 Å². The molecule has 0 saturated heterocycles. The molecule has 0 amide bonds. The normalized spacial score (nSPS) is 10.9. The Morgan fingerprint density at radius 1 is 0.425 bits per heavy atom. The standard InChI is InChI=1S/C30H30O8Se2/c31-21-9-1-5-13-25(21)35-29(36-26-14-6-2-10-22(26)32)17-19-39-40-20-18-30(37-27-15-7-3-11-23(27)33)38-28-16-8-4-12-24(28)34/h1-16,29-34H,17-20H2. The quantitative estimate of drug-likeness (QED) is 0.0719. The summed E-state index contributed by atoms with van der Waals surface area (Å²) in [5.74, 6) is 1.31. The summed E-state index contributed by atoms with van der Waals surface area (Å²) in [6.45, 7) is 0. The van der Waals surface area contributed by atoms with Crippen molar-refractivity contribution in [1.29, 1.82) is 0 Å². The molecule has 4 aromatic carbocycles. The first kappa shape index (κ1) is 29.3. The van der Waals surface area contributed by atoms with Crippen LogP contribution in [0.5, 0.6) is 46.0 Å². The van der Waals surface area contributed by atoms with Gasteiger partial charge >= 0.3 is 245 Å². The monoisotopic (exact) mass is 678 g/mol. The fourth-order valence-corrected chi connectivity index (χ4v) is 9.86. The molecule has 210 valence electrons. The molecule has 0 radical (unpaired) electrons. The Morgan fingerprint density at radius 2 is 0.675 bits per heavy atom. The van der Waals surface area contributed by atoms with Gasteiger partial charge in [0.15, 0.2) is 0 Å². The molecular weight excluding hydrogens is 646 g/mol. The van der Waals surface area contributed by atoms with Crippen molar-refractivity contribution < 1.29 is 39.4 Å². The third-order valence-corrected chi connectivity index (χ3v) is 12.9. The first-order chi connectivity index (χ1) is 19.5. The van der Waals surface area contributed by atoms with Gasteiger partial charge in [-0.15, -0.1) is 0 Å². The van der Waals surface area contributed by atoms with Crippen LogP contribution >= 0.6 is 0 Å². The van der Waals surface area contributed by atoms with E-state index in [1.54, 1.807) is 97.1 Å². The number of hydrogen-bond acceptors (Lipinski definition) is 8. The van der Waals surface area contributed by atoms with E-state index in [2.05, 4.69) is 0 Å². The zero-order valence-electron chi connectivity index (χ0n) is 21.5. The molecule has 0 saturated carbocycles. The second-order valence-corrected chi connectivity index (χ2v) is 16.3. The predicted octanol–water partition coefficient (Wildman–Crippen LogP) is 5.72. The van der Waals surface area contributed by atoms with Crippen LogP contribution in [0.2, 0.25) is 10.6 Å². The van der Waals surface area contributed by atoms with Gasteiger partial charge in [0.05, 0.1) is 0 Å². The number of ether oxygens (including phenoxy) is 4. The molecule has 0 aromatic heterocycles. The van der Waals surface area contributed by atoms with Crippen LogP contribution in [0.1, 0.15) is 12.8 Å². The van der Waals surface area contributed by atoms with Crippen LogP contribution in [0.15, 0.2) is 97.1 Å². The van der Waals surface area contributed by atoms with Crippen molar-refractivity contribution in [2.24, 2.45) is 0 Å². The minimum absolute atomic E-state index is 0.0167. The van der Waals surface area contributed by atoms with Crippen molar-refractivity contribution in [2.75, 3.05) is 0 Å². The second kappa shape index (κ2) is 15.2. The molecule has 0 atom stereocenters. The van der Waals surface area contributed by atoms with Gasteiger partial charge < -0.3 is 0 Å². The molecule has 4 rings (SSSR count). The fourth-order valence-electron chi connectivity index (χ4n) is 3.48. The Labute approximate surface area is 244 Å². The van der Waals surface area contributed by atoms with Gasteiger partial charge in [0.25, 0.3) is 0 Å². The summed E-state index contributed by atoms with van der Waals surface area (Å²) in [5.41, 5.74) is 0. The van der Waals surface area contributed by atoms with E-state index in [1.165, 1.54) is 0 Å². The molecule has 40 heavy (non-hydrogen) atoms. The number of rotatable bonds is 15. The van der Waals surface area contributed by atoms with E-state index in [9.17, 15) is 20.4 Å². The first-order valence-corrected chi connectivity index (χ1v) is 19.3. The second-order valence-electron chi connectivity index (χ2n) is 8.42. The van der Waals surface area contributed by atoms with E-state index in [0.717, 1.165) is 10.6 Å². The van der Waals surface area contributed by atoms with Crippen molar-refractivity contribution >= 4 is 26.3 Å². The predicted molar refractivity (Wildman–Crippen MR) is 153 cm³/mol. The minimum atomic E-state index is -0.694. The van der Waals surface area contributed by atoms with Gasteiger partial charge in [-0.2, -0.15) is 0 Å². The molecule has 0 spiro atoms. The fraction of sp³-hybridized carbons (Fsp3) is 0.200. The molecular formula is C30H30O8Se2. The zero-order valence-corrected chi connectivity index (χ0v) is 24.9. The molecule has 8 nitrogen and oxygen atoms in total. The average molecular weight is 676 g/mol. The van der Waals surface area contributed by atoms with Gasteiger partial charge in [-0.1, -0.05) is 0 Å². The van der Waals surface area contributed by atoms with Crippen molar-refractivity contribution in [1.82, 2.24) is 0 Å². The summed E-state index contributed by atoms with van der Waals surface area (Å²) in [4.78, 5) is 0. The van der Waals surface area contributed by atoms with E-state index >= 15 is 0 Å². The van der Waals surface area contributed by atoms with Crippen LogP contribution in [-0.4, -0.2) is 59.3 Å². The number of aromatic hydroxyl groups is 4. The summed E-state index contributed by atoms with van der Waals surface area (Å²) in [5, 5.41) is 42.3. The third kappa shape index (κ3) is 8.93. The Kier molecular flexibility index (Phi) is 11.1. The molecule has 4 N–H and O–H groups in total. The maximum atomic E-state index is 10.1. The summed E-state index contributed by atoms with van der Waals surface area (Å²) in [7, 11) is 0. The zero-order chi connectivity index (χ0) is 28.2. The topological polar surface area (TPSA) is 118 Å². The van der Waals surface area contributed by atoms with E-state index in [1.807, 2.05) is 0 Å². The molecule has 0 fully saturated rings. The number of benzene rings is 4. The summed E-state index contributed by atoms with van der Waals surface area (Å²) >= 11 is 0.591. The molecule has 0 unspecified atom stereocenters. The molecule has 0 aliphatic rings. The Bertz CT molecular complexity index is 1150. The van der Waals surface area contributed by atoms with Gasteiger partial charge in [-0.05, 0) is 0 Å². The van der Waals surface area contributed by atoms with Gasteiger partial charge in [0, 0.05) is 0 Å². The van der Waals surface area contributed by atoms with Crippen molar-refractivity contribution in [3.63, 3.8) is 0 Å². The Morgan fingerprint density at radius 3 is 0.925 bits per heavy atom. The average Bonchev–Trinajstić information content (AvgIpc) is 2.95. The van der Waals surface area contributed by atoms with Gasteiger partial charge in [0.1, 0.15) is 0 Å². The third-order valence-electron chi connectivity index (χ3n) is 5.45. The van der Waals surface area contributed by atoms with E-state index < -0.39 is 12.6 Å². The number of para-hydroxylation sites is 8. The maximum absolute atomic E-state index is 10.1. The van der Waals surface area contributed by atoms with Crippen LogP contribution in [-0.2, 0) is 0 Å². The molecule has 0 bridgehead atoms. The van der Waals surface area contributed by atoms with Crippen LogP contribution in [0.4, 0.5) is 0 Å². The van der Waals surface area contributed by atoms with Gasteiger partial charge in [-0.3, -0.25) is 0 Å². The van der Waals surface area contributed by atoms with Crippen LogP contribution in [0.25, 0.3) is 0 Å². The summed E-state index contributed by atoms with van der Waals surface area (Å²) in [6, 6.07) is 26.8. The summed E-state index contributed by atoms with van der Waals surface area (Å²) in [6.07, 6.45) is -0.255. The van der Waals surface area contributed by atoms with E-state index in [4.69, 9.17) is 18.9 Å². The molecule has 0 aliphatic carbocycles. The van der Waals surface area contributed by atoms with Crippen molar-refractivity contribution in [3.8, 4) is 46.0 Å². The number of phenols is 4. The number of phenolic OH excluding ortho intramolecular Hbond substituents is 4. The Hall–Kier alpha value is -3.68. The van der Waals surface area contributed by atoms with Gasteiger partial charge in [-0.25, -0.2) is 0 Å². The first-order valence-electron chi connectivity index (χ1n) is 12.5.